The minimum Gasteiger partial charge on any atom is -0.479 e. The number of nitrogens with zero attached hydrogens (tertiary/aromatic N) is 1. The molecule has 0 spiro atoms. The van der Waals surface area contributed by atoms with Crippen molar-refractivity contribution in [3.63, 3.8) is 0 Å². The lowest BCUT2D eigenvalue weighted by molar-refractivity contribution is 0.0499. The Morgan fingerprint density at radius 2 is 2.88 bits per heavy atom. The molecule has 46 valence electrons. The summed E-state index contributed by atoms with van der Waals surface area (Å²) in [4.78, 5) is 3.86. The van der Waals surface area contributed by atoms with Crippen molar-refractivity contribution < 1.29 is 9.47 Å². The molecule has 0 aromatic carbocycles. The number of rotatable bonds is 2. The van der Waals surface area contributed by atoms with E-state index in [0.717, 1.165) is 0 Å². The normalized spacial score (nSPS) is 25.9. The molecule has 1 aliphatic heterocycles. The van der Waals surface area contributed by atoms with Crippen LogP contribution in [0.3, 0.4) is 0 Å². The molecule has 0 saturated heterocycles. The van der Waals surface area contributed by atoms with Crippen LogP contribution in [0, 0.1) is 0 Å². The van der Waals surface area contributed by atoms with Crippen molar-refractivity contribution in [1.82, 2.24) is 0 Å². The van der Waals surface area contributed by atoms with Gasteiger partial charge in [-0.05, 0) is 6.92 Å². The highest BCUT2D eigenvalue weighted by molar-refractivity contribution is 5.48. The van der Waals surface area contributed by atoms with Crippen molar-refractivity contribution in [2.45, 2.75) is 13.2 Å². The fraction of sp³-hybridized carbons (Fsp3) is 0.800. The van der Waals surface area contributed by atoms with Crippen molar-refractivity contribution in [1.29, 1.82) is 0 Å². The highest BCUT2D eigenvalue weighted by Crippen LogP contribution is 1.98. The molecule has 0 saturated carbocycles. The van der Waals surface area contributed by atoms with Gasteiger partial charge in [0.15, 0.2) is 12.6 Å². The second-order valence-electron chi connectivity index (χ2n) is 1.50. The molecule has 0 amide bonds. The zero-order valence-corrected chi connectivity index (χ0v) is 4.83. The lowest BCUT2D eigenvalue weighted by Gasteiger charge is -2.02. The average molecular weight is 115 g/mol. The highest BCUT2D eigenvalue weighted by atomic mass is 16.6. The zero-order valence-electron chi connectivity index (χ0n) is 4.83. The van der Waals surface area contributed by atoms with Gasteiger partial charge < -0.3 is 9.47 Å². The Kier molecular flexibility index (Phi) is 1.86. The van der Waals surface area contributed by atoms with E-state index in [0.29, 0.717) is 13.2 Å². The van der Waals surface area contributed by atoms with Crippen LogP contribution in [0.25, 0.3) is 0 Å². The summed E-state index contributed by atoms with van der Waals surface area (Å²) in [6.07, 6.45) is 1.39. The summed E-state index contributed by atoms with van der Waals surface area (Å²) in [6, 6.07) is 0. The second-order valence-corrected chi connectivity index (χ2v) is 1.50. The van der Waals surface area contributed by atoms with Gasteiger partial charge in [0.1, 0.15) is 6.61 Å². The van der Waals surface area contributed by atoms with E-state index in [1.165, 1.54) is 6.40 Å². The summed E-state index contributed by atoms with van der Waals surface area (Å²) < 4.78 is 9.87. The third kappa shape index (κ3) is 1.20. The molecule has 3 heteroatoms. The first-order valence-corrected chi connectivity index (χ1v) is 2.68. The third-order valence-corrected chi connectivity index (χ3v) is 0.900. The van der Waals surface area contributed by atoms with E-state index in [9.17, 15) is 0 Å². The summed E-state index contributed by atoms with van der Waals surface area (Å²) in [5.41, 5.74) is 0. The lowest BCUT2D eigenvalue weighted by Crippen LogP contribution is -2.10. The first-order valence-electron chi connectivity index (χ1n) is 2.68. The van der Waals surface area contributed by atoms with E-state index in [1.807, 2.05) is 6.92 Å². The molecular formula is C5H9NO2. The van der Waals surface area contributed by atoms with E-state index in [4.69, 9.17) is 9.47 Å². The molecule has 0 fully saturated rings. The van der Waals surface area contributed by atoms with E-state index >= 15 is 0 Å². The molecule has 0 aromatic heterocycles. The Morgan fingerprint density at radius 3 is 3.38 bits per heavy atom. The van der Waals surface area contributed by atoms with Crippen LogP contribution in [0.4, 0.5) is 0 Å². The quantitative estimate of drug-likeness (QED) is 0.521. The van der Waals surface area contributed by atoms with Crippen LogP contribution in [-0.2, 0) is 9.47 Å². The van der Waals surface area contributed by atoms with E-state index in [-0.39, 0.29) is 6.23 Å². The van der Waals surface area contributed by atoms with Gasteiger partial charge in [0.05, 0.1) is 0 Å². The van der Waals surface area contributed by atoms with Crippen molar-refractivity contribution in [2.24, 2.45) is 4.99 Å². The Labute approximate surface area is 48.3 Å². The molecule has 8 heavy (non-hydrogen) atoms. The number of ether oxygens (including phenoxy) is 2. The van der Waals surface area contributed by atoms with Crippen LogP contribution in [0.5, 0.6) is 0 Å². The van der Waals surface area contributed by atoms with Gasteiger partial charge in [-0.15, -0.1) is 0 Å². The Morgan fingerprint density at radius 1 is 2.00 bits per heavy atom. The van der Waals surface area contributed by atoms with Crippen LogP contribution in [0.15, 0.2) is 4.99 Å². The van der Waals surface area contributed by atoms with Crippen molar-refractivity contribution in [2.75, 3.05) is 13.2 Å². The first kappa shape index (κ1) is 5.56. The van der Waals surface area contributed by atoms with Crippen LogP contribution < -0.4 is 0 Å². The fourth-order valence-corrected chi connectivity index (χ4v) is 0.563. The van der Waals surface area contributed by atoms with Gasteiger partial charge in [-0.1, -0.05) is 0 Å². The van der Waals surface area contributed by atoms with Gasteiger partial charge in [0.25, 0.3) is 0 Å². The molecule has 0 aromatic rings. The topological polar surface area (TPSA) is 30.8 Å². The second kappa shape index (κ2) is 2.67. The van der Waals surface area contributed by atoms with Crippen LogP contribution in [0.1, 0.15) is 6.92 Å². The molecule has 1 unspecified atom stereocenters. The summed E-state index contributed by atoms with van der Waals surface area (Å²) in [6.45, 7) is 3.22. The van der Waals surface area contributed by atoms with Gasteiger partial charge >= 0.3 is 0 Å². The maximum Gasteiger partial charge on any atom is 0.185 e. The van der Waals surface area contributed by atoms with Gasteiger partial charge in [0, 0.05) is 6.61 Å². The molecular weight excluding hydrogens is 106 g/mol. The van der Waals surface area contributed by atoms with Gasteiger partial charge in [0.2, 0.25) is 0 Å². The molecule has 1 atom stereocenters. The average Bonchev–Trinajstić information content (AvgIpc) is 2.19. The zero-order chi connectivity index (χ0) is 5.82. The fourth-order valence-electron chi connectivity index (χ4n) is 0.563. The SMILES string of the molecule is CCOC1COC=N1. The monoisotopic (exact) mass is 115 g/mol. The number of aliphatic imine (C=N–C) groups is 1. The maximum atomic E-state index is 5.08. The van der Waals surface area contributed by atoms with Crippen molar-refractivity contribution in [3.8, 4) is 0 Å². The van der Waals surface area contributed by atoms with Gasteiger partial charge in [-0.3, -0.25) is 0 Å². The minimum atomic E-state index is -0.0417. The van der Waals surface area contributed by atoms with Gasteiger partial charge in [-0.2, -0.15) is 0 Å². The largest absolute Gasteiger partial charge is 0.479 e. The molecule has 1 aliphatic rings. The first-order chi connectivity index (χ1) is 3.93. The molecule has 0 N–H and O–H groups in total. The highest BCUT2D eigenvalue weighted by Gasteiger charge is 2.08. The Hall–Kier alpha value is -0.570. The summed E-state index contributed by atoms with van der Waals surface area (Å²) in [5.74, 6) is 0. The third-order valence-electron chi connectivity index (χ3n) is 0.900. The molecule has 3 nitrogen and oxygen atoms in total. The molecule has 1 rings (SSSR count). The van der Waals surface area contributed by atoms with E-state index in [2.05, 4.69) is 4.99 Å². The summed E-state index contributed by atoms with van der Waals surface area (Å²) in [7, 11) is 0. The maximum absolute atomic E-state index is 5.08. The molecule has 1 heterocycles. The van der Waals surface area contributed by atoms with Crippen LogP contribution in [-0.4, -0.2) is 25.8 Å². The van der Waals surface area contributed by atoms with Gasteiger partial charge in [-0.25, -0.2) is 4.99 Å². The minimum absolute atomic E-state index is 0.0417. The number of hydrogen-bond acceptors (Lipinski definition) is 3. The van der Waals surface area contributed by atoms with E-state index in [1.54, 1.807) is 0 Å². The smallest absolute Gasteiger partial charge is 0.185 e. The Balaban J connectivity index is 2.16. The summed E-state index contributed by atoms with van der Waals surface area (Å²) in [5, 5.41) is 0. The predicted molar refractivity (Wildman–Crippen MR) is 29.9 cm³/mol. The summed E-state index contributed by atoms with van der Waals surface area (Å²) >= 11 is 0. The molecule has 0 radical (unpaired) electrons. The van der Waals surface area contributed by atoms with E-state index < -0.39 is 0 Å². The Bertz CT molecular complexity index is 92.4. The lowest BCUT2D eigenvalue weighted by atomic mass is 10.6. The van der Waals surface area contributed by atoms with Crippen LogP contribution in [0.2, 0.25) is 0 Å². The molecule has 0 bridgehead atoms. The number of hydrogen-bond donors (Lipinski definition) is 0. The van der Waals surface area contributed by atoms with Crippen molar-refractivity contribution >= 4 is 6.40 Å². The molecule has 0 aliphatic carbocycles. The standard InChI is InChI=1S/C5H9NO2/c1-2-8-5-3-7-4-6-5/h4-5H,2-3H2,1H3. The van der Waals surface area contributed by atoms with Crippen LogP contribution >= 0.6 is 0 Å². The van der Waals surface area contributed by atoms with Crippen molar-refractivity contribution in [3.05, 3.63) is 0 Å². The predicted octanol–water partition coefficient (Wildman–Crippen LogP) is 0.407.